The van der Waals surface area contributed by atoms with Gasteiger partial charge in [0.2, 0.25) is 0 Å². The first kappa shape index (κ1) is 16.5. The molecule has 118 valence electrons. The minimum Gasteiger partial charge on any atom is -0.491 e. The van der Waals surface area contributed by atoms with Crippen LogP contribution in [0.4, 0.5) is 0 Å². The van der Waals surface area contributed by atoms with Crippen molar-refractivity contribution in [1.82, 2.24) is 0 Å². The second-order valence-corrected chi connectivity index (χ2v) is 5.61. The summed E-state index contributed by atoms with van der Waals surface area (Å²) >= 11 is 1.61. The van der Waals surface area contributed by atoms with Crippen molar-refractivity contribution >= 4 is 17.3 Å². The van der Waals surface area contributed by atoms with E-state index in [2.05, 4.69) is 4.74 Å². The summed E-state index contributed by atoms with van der Waals surface area (Å²) in [5.41, 5.74) is 0.453. The summed E-state index contributed by atoms with van der Waals surface area (Å²) in [5, 5.41) is 11.8. The Bertz CT molecular complexity index is 565. The van der Waals surface area contributed by atoms with Gasteiger partial charge in [-0.2, -0.15) is 0 Å². The fourth-order valence-electron chi connectivity index (χ4n) is 1.74. The fraction of sp³-hybridized carbons (Fsp3) is 0.312. The van der Waals surface area contributed by atoms with Gasteiger partial charge in [-0.3, -0.25) is 0 Å². The van der Waals surface area contributed by atoms with Crippen LogP contribution >= 0.6 is 11.3 Å². The van der Waals surface area contributed by atoms with Crippen LogP contribution in [0, 0.1) is 0 Å². The van der Waals surface area contributed by atoms with Crippen LogP contribution in [-0.4, -0.2) is 37.5 Å². The zero-order chi connectivity index (χ0) is 15.8. The van der Waals surface area contributed by atoms with Gasteiger partial charge in [0.15, 0.2) is 0 Å². The van der Waals surface area contributed by atoms with E-state index in [-0.39, 0.29) is 13.2 Å². The molecule has 0 aliphatic heterocycles. The van der Waals surface area contributed by atoms with E-state index < -0.39 is 12.1 Å². The number of ether oxygens (including phenoxy) is 3. The quantitative estimate of drug-likeness (QED) is 0.757. The van der Waals surface area contributed by atoms with E-state index in [4.69, 9.17) is 9.47 Å². The molecule has 1 aromatic carbocycles. The van der Waals surface area contributed by atoms with E-state index in [0.29, 0.717) is 17.9 Å². The SMILES string of the molecule is COC(=O)c1ccc(OCC(O)COCc2cccs2)cc1. The van der Waals surface area contributed by atoms with Crippen LogP contribution in [0.25, 0.3) is 0 Å². The molecule has 0 saturated carbocycles. The van der Waals surface area contributed by atoms with Crippen LogP contribution in [-0.2, 0) is 16.1 Å². The van der Waals surface area contributed by atoms with E-state index in [1.807, 2.05) is 17.5 Å². The molecule has 2 rings (SSSR count). The highest BCUT2D eigenvalue weighted by molar-refractivity contribution is 7.09. The molecule has 0 aliphatic carbocycles. The fourth-order valence-corrected chi connectivity index (χ4v) is 2.38. The molecule has 1 N–H and O–H groups in total. The van der Waals surface area contributed by atoms with E-state index >= 15 is 0 Å². The van der Waals surface area contributed by atoms with Gasteiger partial charge >= 0.3 is 5.97 Å². The molecule has 0 spiro atoms. The third-order valence-corrected chi connectivity index (χ3v) is 3.70. The zero-order valence-electron chi connectivity index (χ0n) is 12.2. The first-order chi connectivity index (χ1) is 10.7. The number of hydrogen-bond acceptors (Lipinski definition) is 6. The lowest BCUT2D eigenvalue weighted by Gasteiger charge is -2.12. The minimum absolute atomic E-state index is 0.127. The van der Waals surface area contributed by atoms with Gasteiger partial charge in [-0.25, -0.2) is 4.79 Å². The van der Waals surface area contributed by atoms with Crippen LogP contribution in [0.3, 0.4) is 0 Å². The average molecular weight is 322 g/mol. The first-order valence-corrected chi connectivity index (χ1v) is 7.66. The maximum atomic E-state index is 11.3. The zero-order valence-corrected chi connectivity index (χ0v) is 13.0. The van der Waals surface area contributed by atoms with Crippen molar-refractivity contribution in [2.24, 2.45) is 0 Å². The van der Waals surface area contributed by atoms with Crippen LogP contribution in [0.1, 0.15) is 15.2 Å². The summed E-state index contributed by atoms with van der Waals surface area (Å²) in [5.74, 6) is 0.179. The van der Waals surface area contributed by atoms with Crippen molar-refractivity contribution in [2.45, 2.75) is 12.7 Å². The van der Waals surface area contributed by atoms with Gasteiger partial charge in [0.25, 0.3) is 0 Å². The number of methoxy groups -OCH3 is 1. The van der Waals surface area contributed by atoms with Crippen LogP contribution in [0.15, 0.2) is 41.8 Å². The molecule has 0 bridgehead atoms. The maximum absolute atomic E-state index is 11.3. The topological polar surface area (TPSA) is 65.0 Å². The molecule has 0 amide bonds. The largest absolute Gasteiger partial charge is 0.491 e. The van der Waals surface area contributed by atoms with Crippen LogP contribution in [0.2, 0.25) is 0 Å². The molecule has 6 heteroatoms. The van der Waals surface area contributed by atoms with Crippen LogP contribution < -0.4 is 4.74 Å². The number of aliphatic hydroxyl groups excluding tert-OH is 1. The van der Waals surface area contributed by atoms with Crippen molar-refractivity contribution in [3.8, 4) is 5.75 Å². The van der Waals surface area contributed by atoms with Gasteiger partial charge < -0.3 is 19.3 Å². The van der Waals surface area contributed by atoms with Crippen molar-refractivity contribution in [2.75, 3.05) is 20.3 Å². The number of carbonyl (C=O) groups excluding carboxylic acids is 1. The molecule has 22 heavy (non-hydrogen) atoms. The number of thiophene rings is 1. The summed E-state index contributed by atoms with van der Waals surface area (Å²) in [6, 6.07) is 10.5. The lowest BCUT2D eigenvalue weighted by Crippen LogP contribution is -2.23. The Labute approximate surface area is 133 Å². The summed E-state index contributed by atoms with van der Waals surface area (Å²) in [6.07, 6.45) is -0.708. The van der Waals surface area contributed by atoms with Crippen molar-refractivity contribution in [3.63, 3.8) is 0 Å². The summed E-state index contributed by atoms with van der Waals surface area (Å²) in [6.45, 7) is 0.822. The minimum atomic E-state index is -0.708. The number of carbonyl (C=O) groups is 1. The molecule has 0 aliphatic rings. The molecule has 1 unspecified atom stereocenters. The summed E-state index contributed by atoms with van der Waals surface area (Å²) in [7, 11) is 1.33. The number of benzene rings is 1. The number of hydrogen-bond donors (Lipinski definition) is 1. The molecular formula is C16H18O5S. The highest BCUT2D eigenvalue weighted by Gasteiger charge is 2.08. The van der Waals surface area contributed by atoms with E-state index in [1.165, 1.54) is 7.11 Å². The summed E-state index contributed by atoms with van der Waals surface area (Å²) in [4.78, 5) is 12.4. The van der Waals surface area contributed by atoms with Gasteiger partial charge in [0, 0.05) is 4.88 Å². The van der Waals surface area contributed by atoms with Gasteiger partial charge in [-0.15, -0.1) is 11.3 Å². The van der Waals surface area contributed by atoms with Crippen molar-refractivity contribution in [1.29, 1.82) is 0 Å². The Balaban J connectivity index is 1.69. The predicted molar refractivity (Wildman–Crippen MR) is 83.3 cm³/mol. The highest BCUT2D eigenvalue weighted by Crippen LogP contribution is 2.13. The molecule has 1 atom stereocenters. The number of rotatable bonds is 8. The number of esters is 1. The van der Waals surface area contributed by atoms with E-state index in [9.17, 15) is 9.90 Å². The van der Waals surface area contributed by atoms with Crippen molar-refractivity contribution in [3.05, 3.63) is 52.2 Å². The lowest BCUT2D eigenvalue weighted by molar-refractivity contribution is 0.00624. The molecule has 1 aromatic heterocycles. The highest BCUT2D eigenvalue weighted by atomic mass is 32.1. The molecule has 1 heterocycles. The van der Waals surface area contributed by atoms with Gasteiger partial charge in [-0.05, 0) is 35.7 Å². The maximum Gasteiger partial charge on any atom is 0.337 e. The standard InChI is InChI=1S/C16H18O5S/c1-19-16(18)12-4-6-14(7-5-12)21-10-13(17)9-20-11-15-3-2-8-22-15/h2-8,13,17H,9-11H2,1H3. The Morgan fingerprint density at radius 3 is 2.64 bits per heavy atom. The Morgan fingerprint density at radius 2 is 2.00 bits per heavy atom. The first-order valence-electron chi connectivity index (χ1n) is 6.78. The predicted octanol–water partition coefficient (Wildman–Crippen LogP) is 2.49. The third kappa shape index (κ3) is 5.14. The molecular weight excluding hydrogens is 304 g/mol. The lowest BCUT2D eigenvalue weighted by atomic mass is 10.2. The Morgan fingerprint density at radius 1 is 1.23 bits per heavy atom. The van der Waals surface area contributed by atoms with Gasteiger partial charge in [0.1, 0.15) is 18.5 Å². The smallest absolute Gasteiger partial charge is 0.337 e. The van der Waals surface area contributed by atoms with E-state index in [1.54, 1.807) is 35.6 Å². The normalized spacial score (nSPS) is 11.9. The molecule has 0 radical (unpaired) electrons. The number of aliphatic hydroxyl groups is 1. The van der Waals surface area contributed by atoms with Gasteiger partial charge in [-0.1, -0.05) is 6.07 Å². The van der Waals surface area contributed by atoms with Crippen LogP contribution in [0.5, 0.6) is 5.75 Å². The van der Waals surface area contributed by atoms with E-state index in [0.717, 1.165) is 4.88 Å². The second kappa shape index (κ2) is 8.53. The Kier molecular flexibility index (Phi) is 6.39. The van der Waals surface area contributed by atoms with Crippen molar-refractivity contribution < 1.29 is 24.1 Å². The molecule has 2 aromatic rings. The van der Waals surface area contributed by atoms with Gasteiger partial charge in [0.05, 0.1) is 25.9 Å². The Hall–Kier alpha value is -1.89. The summed E-state index contributed by atoms with van der Waals surface area (Å²) < 4.78 is 15.5. The second-order valence-electron chi connectivity index (χ2n) is 4.58. The molecule has 5 nitrogen and oxygen atoms in total. The third-order valence-electron chi connectivity index (χ3n) is 2.85. The average Bonchev–Trinajstić information content (AvgIpc) is 3.06. The molecule has 0 fully saturated rings. The monoisotopic (exact) mass is 322 g/mol. The molecule has 0 saturated heterocycles.